The molecule has 1 unspecified atom stereocenters. The Morgan fingerprint density at radius 2 is 1.78 bits per heavy atom. The maximum Gasteiger partial charge on any atom is 0.408 e. The molecule has 6 heteroatoms. The summed E-state index contributed by atoms with van der Waals surface area (Å²) in [5.41, 5.74) is -0.615. The van der Waals surface area contributed by atoms with E-state index in [-0.39, 0.29) is 25.0 Å². The molecule has 0 saturated heterocycles. The van der Waals surface area contributed by atoms with Gasteiger partial charge < -0.3 is 15.2 Å². The summed E-state index contributed by atoms with van der Waals surface area (Å²) < 4.78 is 5.00. The zero-order valence-electron chi connectivity index (χ0n) is 11.3. The SMILES string of the molecule is CC(NC(=O)OC(C)(C)C)C(=O)CCCC(=O)O. The normalized spacial score (nSPS) is 12.7. The molecule has 6 nitrogen and oxygen atoms in total. The number of hydrogen-bond donors (Lipinski definition) is 2. The van der Waals surface area contributed by atoms with E-state index in [1.807, 2.05) is 0 Å². The molecule has 1 amide bonds. The maximum atomic E-state index is 11.6. The number of carboxylic acids is 1. The highest BCUT2D eigenvalue weighted by atomic mass is 16.6. The van der Waals surface area contributed by atoms with Crippen LogP contribution in [0.25, 0.3) is 0 Å². The molecule has 0 saturated carbocycles. The number of hydrogen-bond acceptors (Lipinski definition) is 4. The van der Waals surface area contributed by atoms with Crippen molar-refractivity contribution in [2.45, 2.75) is 58.6 Å². The van der Waals surface area contributed by atoms with Gasteiger partial charge in [-0.15, -0.1) is 0 Å². The van der Waals surface area contributed by atoms with Gasteiger partial charge in [-0.2, -0.15) is 0 Å². The first-order valence-corrected chi connectivity index (χ1v) is 5.86. The van der Waals surface area contributed by atoms with Crippen LogP contribution >= 0.6 is 0 Å². The Bertz CT molecular complexity index is 319. The van der Waals surface area contributed by atoms with Gasteiger partial charge in [0.1, 0.15) is 5.60 Å². The van der Waals surface area contributed by atoms with E-state index in [2.05, 4.69) is 5.32 Å². The van der Waals surface area contributed by atoms with Crippen LogP contribution in [-0.4, -0.2) is 34.6 Å². The Balaban J connectivity index is 4.00. The van der Waals surface area contributed by atoms with Gasteiger partial charge in [-0.1, -0.05) is 0 Å². The Morgan fingerprint density at radius 1 is 1.22 bits per heavy atom. The van der Waals surface area contributed by atoms with Crippen molar-refractivity contribution in [3.05, 3.63) is 0 Å². The van der Waals surface area contributed by atoms with Gasteiger partial charge in [0.05, 0.1) is 6.04 Å². The number of aliphatic carboxylic acids is 1. The molecule has 0 bridgehead atoms. The Labute approximate surface area is 107 Å². The van der Waals surface area contributed by atoms with Crippen LogP contribution < -0.4 is 5.32 Å². The third-order valence-corrected chi connectivity index (χ3v) is 2.03. The lowest BCUT2D eigenvalue weighted by Gasteiger charge is -2.21. The van der Waals surface area contributed by atoms with Crippen LogP contribution in [0.15, 0.2) is 0 Å². The summed E-state index contributed by atoms with van der Waals surface area (Å²) in [5.74, 6) is -1.14. The molecule has 0 fully saturated rings. The lowest BCUT2D eigenvalue weighted by atomic mass is 10.1. The van der Waals surface area contributed by atoms with Crippen molar-refractivity contribution >= 4 is 17.8 Å². The highest BCUT2D eigenvalue weighted by molar-refractivity contribution is 5.87. The van der Waals surface area contributed by atoms with Crippen LogP contribution in [0.5, 0.6) is 0 Å². The quantitative estimate of drug-likeness (QED) is 0.757. The zero-order valence-corrected chi connectivity index (χ0v) is 11.3. The fourth-order valence-electron chi connectivity index (χ4n) is 1.20. The standard InChI is InChI=1S/C12H21NO5/c1-8(9(14)6-5-7-10(15)16)13-11(17)18-12(2,3)4/h8H,5-7H2,1-4H3,(H,13,17)(H,15,16). The van der Waals surface area contributed by atoms with Crippen LogP contribution in [0.4, 0.5) is 4.79 Å². The molecular weight excluding hydrogens is 238 g/mol. The minimum atomic E-state index is -0.935. The van der Waals surface area contributed by atoms with Gasteiger partial charge in [0.25, 0.3) is 0 Å². The number of carboxylic acid groups (broad SMARTS) is 1. The van der Waals surface area contributed by atoms with Gasteiger partial charge in [-0.3, -0.25) is 9.59 Å². The highest BCUT2D eigenvalue weighted by Crippen LogP contribution is 2.07. The van der Waals surface area contributed by atoms with Crippen molar-refractivity contribution in [2.24, 2.45) is 0 Å². The third-order valence-electron chi connectivity index (χ3n) is 2.03. The number of carbonyl (C=O) groups is 3. The van der Waals surface area contributed by atoms with Crippen LogP contribution in [0, 0.1) is 0 Å². The summed E-state index contributed by atoms with van der Waals surface area (Å²) in [5, 5.41) is 10.9. The summed E-state index contributed by atoms with van der Waals surface area (Å²) in [6, 6.07) is -0.673. The van der Waals surface area contributed by atoms with Crippen molar-refractivity contribution < 1.29 is 24.2 Å². The van der Waals surface area contributed by atoms with Crippen molar-refractivity contribution in [3.8, 4) is 0 Å². The number of carbonyl (C=O) groups excluding carboxylic acids is 2. The second kappa shape index (κ2) is 6.98. The number of ether oxygens (including phenoxy) is 1. The number of amides is 1. The Kier molecular flexibility index (Phi) is 6.36. The van der Waals surface area contributed by atoms with Gasteiger partial charge in [-0.25, -0.2) is 4.79 Å². The Morgan fingerprint density at radius 3 is 2.22 bits per heavy atom. The van der Waals surface area contributed by atoms with Gasteiger partial charge in [0.2, 0.25) is 0 Å². The second-order valence-corrected chi connectivity index (χ2v) is 5.08. The zero-order chi connectivity index (χ0) is 14.3. The van der Waals surface area contributed by atoms with E-state index in [0.29, 0.717) is 0 Å². The van der Waals surface area contributed by atoms with E-state index in [1.54, 1.807) is 27.7 Å². The average molecular weight is 259 g/mol. The molecule has 0 radical (unpaired) electrons. The summed E-state index contributed by atoms with van der Waals surface area (Å²) in [6.45, 7) is 6.73. The maximum absolute atomic E-state index is 11.6. The molecule has 18 heavy (non-hydrogen) atoms. The summed E-state index contributed by atoms with van der Waals surface area (Å²) >= 11 is 0. The smallest absolute Gasteiger partial charge is 0.408 e. The summed E-state index contributed by atoms with van der Waals surface area (Å²) in [4.78, 5) is 33.2. The van der Waals surface area contributed by atoms with Gasteiger partial charge in [-0.05, 0) is 34.1 Å². The van der Waals surface area contributed by atoms with E-state index in [0.717, 1.165) is 0 Å². The van der Waals surface area contributed by atoms with Gasteiger partial charge >= 0.3 is 12.1 Å². The minimum absolute atomic E-state index is 0.0507. The molecule has 0 aliphatic rings. The fraction of sp³-hybridized carbons (Fsp3) is 0.750. The van der Waals surface area contributed by atoms with Crippen molar-refractivity contribution in [1.29, 1.82) is 0 Å². The van der Waals surface area contributed by atoms with E-state index in [4.69, 9.17) is 9.84 Å². The third kappa shape index (κ3) is 8.55. The van der Waals surface area contributed by atoms with Gasteiger partial charge in [0.15, 0.2) is 5.78 Å². The van der Waals surface area contributed by atoms with Gasteiger partial charge in [0, 0.05) is 12.8 Å². The Hall–Kier alpha value is -1.59. The number of Topliss-reactive ketones (excluding diaryl/α,β-unsaturated/α-hetero) is 1. The predicted molar refractivity (Wildman–Crippen MR) is 65.3 cm³/mol. The second-order valence-electron chi connectivity index (χ2n) is 5.08. The van der Waals surface area contributed by atoms with Crippen LogP contribution in [0.3, 0.4) is 0 Å². The first-order chi connectivity index (χ1) is 8.11. The number of alkyl carbamates (subject to hydrolysis) is 1. The predicted octanol–water partition coefficient (Wildman–Crippen LogP) is 1.72. The molecule has 0 aromatic carbocycles. The van der Waals surface area contributed by atoms with E-state index < -0.39 is 23.7 Å². The molecule has 0 rings (SSSR count). The first-order valence-electron chi connectivity index (χ1n) is 5.86. The lowest BCUT2D eigenvalue weighted by molar-refractivity contribution is -0.137. The number of rotatable bonds is 6. The topological polar surface area (TPSA) is 92.7 Å². The average Bonchev–Trinajstić information content (AvgIpc) is 2.13. The van der Waals surface area contributed by atoms with E-state index >= 15 is 0 Å². The summed E-state index contributed by atoms with van der Waals surface area (Å²) in [7, 11) is 0. The molecule has 0 heterocycles. The number of nitrogens with one attached hydrogen (secondary N) is 1. The van der Waals surface area contributed by atoms with Crippen molar-refractivity contribution in [1.82, 2.24) is 5.32 Å². The number of ketones is 1. The highest BCUT2D eigenvalue weighted by Gasteiger charge is 2.20. The van der Waals surface area contributed by atoms with Crippen LogP contribution in [0.2, 0.25) is 0 Å². The molecule has 1 atom stereocenters. The molecule has 2 N–H and O–H groups in total. The molecule has 0 aromatic rings. The molecule has 0 aliphatic carbocycles. The largest absolute Gasteiger partial charge is 0.481 e. The van der Waals surface area contributed by atoms with E-state index in [1.165, 1.54) is 0 Å². The van der Waals surface area contributed by atoms with Crippen LogP contribution in [-0.2, 0) is 14.3 Å². The molecule has 0 aromatic heterocycles. The van der Waals surface area contributed by atoms with Crippen molar-refractivity contribution in [3.63, 3.8) is 0 Å². The van der Waals surface area contributed by atoms with Crippen LogP contribution in [0.1, 0.15) is 47.0 Å². The monoisotopic (exact) mass is 259 g/mol. The lowest BCUT2D eigenvalue weighted by Crippen LogP contribution is -2.41. The van der Waals surface area contributed by atoms with Crippen molar-refractivity contribution in [2.75, 3.05) is 0 Å². The fourth-order valence-corrected chi connectivity index (χ4v) is 1.20. The molecule has 104 valence electrons. The van der Waals surface area contributed by atoms with E-state index in [9.17, 15) is 14.4 Å². The first kappa shape index (κ1) is 16.4. The molecule has 0 aliphatic heterocycles. The molecule has 0 spiro atoms. The minimum Gasteiger partial charge on any atom is -0.481 e. The summed E-state index contributed by atoms with van der Waals surface area (Å²) in [6.07, 6.45) is -0.301. The molecular formula is C12H21NO5.